The van der Waals surface area contributed by atoms with E-state index in [1.807, 2.05) is 52.8 Å². The number of hydrogen-bond acceptors (Lipinski definition) is 7. The number of carbonyl (C=O) groups excluding carboxylic acids is 1. The van der Waals surface area contributed by atoms with Gasteiger partial charge in [0.1, 0.15) is 11.4 Å². The molecule has 29 heavy (non-hydrogen) atoms. The first-order valence-electron chi connectivity index (χ1n) is 10.2. The van der Waals surface area contributed by atoms with Crippen LogP contribution in [0.1, 0.15) is 45.1 Å². The Morgan fingerprint density at radius 2 is 2.00 bits per heavy atom. The van der Waals surface area contributed by atoms with Gasteiger partial charge in [-0.2, -0.15) is 0 Å². The van der Waals surface area contributed by atoms with Crippen molar-refractivity contribution in [3.05, 3.63) is 29.7 Å². The van der Waals surface area contributed by atoms with E-state index in [2.05, 4.69) is 15.4 Å². The van der Waals surface area contributed by atoms with Crippen LogP contribution in [0.25, 0.3) is 11.1 Å². The van der Waals surface area contributed by atoms with Gasteiger partial charge in [0.25, 0.3) is 0 Å². The van der Waals surface area contributed by atoms with Crippen LogP contribution in [0.3, 0.4) is 0 Å². The highest BCUT2D eigenvalue weighted by Gasteiger charge is 2.24. The molecule has 0 amide bonds. The Morgan fingerprint density at radius 3 is 2.55 bits per heavy atom. The summed E-state index contributed by atoms with van der Waals surface area (Å²) < 4.78 is 10.7. The number of likely N-dealkylation sites (tertiary alicyclic amines) is 1. The Kier molecular flexibility index (Phi) is 6.17. The van der Waals surface area contributed by atoms with Gasteiger partial charge in [-0.1, -0.05) is 11.2 Å². The molecule has 2 aromatic rings. The summed E-state index contributed by atoms with van der Waals surface area (Å²) >= 11 is 0. The number of rotatable bonds is 5. The third kappa shape index (κ3) is 5.50. The van der Waals surface area contributed by atoms with E-state index in [4.69, 9.17) is 15.0 Å². The molecule has 0 unspecified atom stereocenters. The van der Waals surface area contributed by atoms with E-state index < -0.39 is 5.60 Å². The zero-order chi connectivity index (χ0) is 21.2. The van der Waals surface area contributed by atoms with Crippen molar-refractivity contribution in [1.29, 1.82) is 0 Å². The highest BCUT2D eigenvalue weighted by atomic mass is 16.6. The topological polar surface area (TPSA) is 93.6 Å². The minimum absolute atomic E-state index is 0.164. The van der Waals surface area contributed by atoms with Gasteiger partial charge in [-0.25, -0.2) is 0 Å². The zero-order valence-electron chi connectivity index (χ0n) is 18.0. The van der Waals surface area contributed by atoms with Crippen LogP contribution >= 0.6 is 0 Å². The molecule has 0 radical (unpaired) electrons. The minimum Gasteiger partial charge on any atom is -0.459 e. The van der Waals surface area contributed by atoms with Crippen molar-refractivity contribution < 1.29 is 14.1 Å². The average molecular weight is 401 g/mol. The monoisotopic (exact) mass is 400 g/mol. The van der Waals surface area contributed by atoms with Gasteiger partial charge in [-0.15, -0.1) is 0 Å². The minimum atomic E-state index is -0.440. The predicted octanol–water partition coefficient (Wildman–Crippen LogP) is 3.76. The van der Waals surface area contributed by atoms with Crippen LogP contribution in [-0.4, -0.2) is 47.3 Å². The van der Waals surface area contributed by atoms with Crippen LogP contribution in [0.4, 0.5) is 11.4 Å². The summed E-state index contributed by atoms with van der Waals surface area (Å²) in [5.74, 6) is 0.628. The van der Waals surface area contributed by atoms with Crippen molar-refractivity contribution in [1.82, 2.24) is 10.1 Å². The number of aromatic nitrogens is 1. The highest BCUT2D eigenvalue weighted by Crippen LogP contribution is 2.32. The zero-order valence-corrected chi connectivity index (χ0v) is 18.0. The van der Waals surface area contributed by atoms with Crippen molar-refractivity contribution in [3.63, 3.8) is 0 Å². The second-order valence-corrected chi connectivity index (χ2v) is 8.78. The van der Waals surface area contributed by atoms with Gasteiger partial charge in [0.05, 0.1) is 23.6 Å². The second-order valence-electron chi connectivity index (χ2n) is 8.78. The van der Waals surface area contributed by atoms with Gasteiger partial charge in [0, 0.05) is 24.7 Å². The van der Waals surface area contributed by atoms with Crippen LogP contribution < -0.4 is 11.1 Å². The molecule has 1 aromatic carbocycles. The molecular weight excluding hydrogens is 368 g/mol. The summed E-state index contributed by atoms with van der Waals surface area (Å²) in [5.41, 5.74) is 10.4. The molecule has 2 heterocycles. The van der Waals surface area contributed by atoms with Gasteiger partial charge in [0.15, 0.2) is 0 Å². The molecule has 1 aliphatic heterocycles. The van der Waals surface area contributed by atoms with Crippen molar-refractivity contribution >= 4 is 17.3 Å². The summed E-state index contributed by atoms with van der Waals surface area (Å²) in [6, 6.07) is 6.36. The lowest BCUT2D eigenvalue weighted by atomic mass is 10.0. The molecule has 1 aromatic heterocycles. The number of nitrogens with zero attached hydrogens (tertiary/aromatic N) is 2. The number of nitrogens with one attached hydrogen (secondary N) is 1. The fourth-order valence-electron chi connectivity index (χ4n) is 3.76. The van der Waals surface area contributed by atoms with E-state index in [1.54, 1.807) is 0 Å². The van der Waals surface area contributed by atoms with Crippen LogP contribution in [0.5, 0.6) is 0 Å². The Hall–Kier alpha value is -2.54. The standard InChI is InChI=1S/C22H32N4O3/c1-14-21(15(2)29-25-14)16-6-7-19(18(23)12-16)24-17-8-10-26(11-9-17)13-20(27)28-22(3,4)5/h6-7,12,17,24H,8-11,13,23H2,1-5H3. The lowest BCUT2D eigenvalue weighted by molar-refractivity contribution is -0.156. The number of benzene rings is 1. The first-order chi connectivity index (χ1) is 13.6. The Labute approximate surface area is 172 Å². The normalized spacial score (nSPS) is 16.0. The molecule has 1 fully saturated rings. The number of ether oxygens (including phenoxy) is 1. The highest BCUT2D eigenvalue weighted by molar-refractivity contribution is 5.77. The Morgan fingerprint density at radius 1 is 1.31 bits per heavy atom. The summed E-state index contributed by atoms with van der Waals surface area (Å²) in [6.45, 7) is 11.6. The molecule has 0 bridgehead atoms. The SMILES string of the molecule is Cc1noc(C)c1-c1ccc(NC2CCN(CC(=O)OC(C)(C)C)CC2)c(N)c1. The quantitative estimate of drug-likeness (QED) is 0.583. The third-order valence-corrected chi connectivity index (χ3v) is 5.09. The number of anilines is 2. The van der Waals surface area contributed by atoms with Crippen molar-refractivity contribution in [2.75, 3.05) is 30.7 Å². The summed E-state index contributed by atoms with van der Waals surface area (Å²) in [5, 5.41) is 7.57. The third-order valence-electron chi connectivity index (χ3n) is 5.09. The molecule has 0 spiro atoms. The fraction of sp³-hybridized carbons (Fsp3) is 0.545. The molecule has 1 aliphatic rings. The molecule has 1 saturated heterocycles. The van der Waals surface area contributed by atoms with Crippen LogP contribution in [0.2, 0.25) is 0 Å². The molecule has 0 saturated carbocycles. The number of nitrogen functional groups attached to an aromatic ring is 1. The summed E-state index contributed by atoms with van der Waals surface area (Å²) in [4.78, 5) is 14.2. The number of carbonyl (C=O) groups is 1. The lowest BCUT2D eigenvalue weighted by Gasteiger charge is -2.33. The summed E-state index contributed by atoms with van der Waals surface area (Å²) in [7, 11) is 0. The molecule has 7 nitrogen and oxygen atoms in total. The predicted molar refractivity (Wildman–Crippen MR) is 115 cm³/mol. The maximum atomic E-state index is 12.0. The van der Waals surface area contributed by atoms with Gasteiger partial charge in [-0.3, -0.25) is 9.69 Å². The van der Waals surface area contributed by atoms with E-state index >= 15 is 0 Å². The molecular formula is C22H32N4O3. The van der Waals surface area contributed by atoms with Crippen molar-refractivity contribution in [3.8, 4) is 11.1 Å². The number of hydrogen-bond donors (Lipinski definition) is 2. The average Bonchev–Trinajstić information content (AvgIpc) is 2.95. The second kappa shape index (κ2) is 8.45. The van der Waals surface area contributed by atoms with Gasteiger partial charge >= 0.3 is 5.97 Å². The largest absolute Gasteiger partial charge is 0.459 e. The molecule has 3 N–H and O–H groups in total. The van der Waals surface area contributed by atoms with Crippen LogP contribution in [0, 0.1) is 13.8 Å². The first-order valence-corrected chi connectivity index (χ1v) is 10.2. The lowest BCUT2D eigenvalue weighted by Crippen LogP contribution is -2.43. The summed E-state index contributed by atoms with van der Waals surface area (Å²) in [6.07, 6.45) is 1.90. The first kappa shape index (κ1) is 21.2. The maximum Gasteiger partial charge on any atom is 0.320 e. The number of nitrogens with two attached hydrogens (primary N) is 1. The molecule has 3 rings (SSSR count). The Balaban J connectivity index is 1.55. The molecule has 0 aliphatic carbocycles. The van der Waals surface area contributed by atoms with E-state index in [0.717, 1.165) is 54.2 Å². The van der Waals surface area contributed by atoms with Crippen LogP contribution in [0.15, 0.2) is 22.7 Å². The molecule has 158 valence electrons. The molecule has 0 atom stereocenters. The fourth-order valence-corrected chi connectivity index (χ4v) is 3.76. The number of esters is 1. The van der Waals surface area contributed by atoms with E-state index in [9.17, 15) is 4.79 Å². The maximum absolute atomic E-state index is 12.0. The van der Waals surface area contributed by atoms with Gasteiger partial charge < -0.3 is 20.3 Å². The number of piperidine rings is 1. The smallest absolute Gasteiger partial charge is 0.320 e. The molecule has 7 heteroatoms. The number of aryl methyl sites for hydroxylation is 2. The van der Waals surface area contributed by atoms with Crippen molar-refractivity contribution in [2.24, 2.45) is 0 Å². The Bertz CT molecular complexity index is 842. The van der Waals surface area contributed by atoms with E-state index in [0.29, 0.717) is 18.3 Å². The van der Waals surface area contributed by atoms with Gasteiger partial charge in [-0.05, 0) is 65.2 Å². The van der Waals surface area contributed by atoms with Gasteiger partial charge in [0.2, 0.25) is 0 Å². The van der Waals surface area contributed by atoms with E-state index in [1.165, 1.54) is 0 Å². The van der Waals surface area contributed by atoms with Crippen LogP contribution in [-0.2, 0) is 9.53 Å². The van der Waals surface area contributed by atoms with Crippen molar-refractivity contribution in [2.45, 2.75) is 59.1 Å². The van der Waals surface area contributed by atoms with E-state index in [-0.39, 0.29) is 5.97 Å².